The predicted octanol–water partition coefficient (Wildman–Crippen LogP) is 3.70. The molecule has 2 aromatic carbocycles. The van der Waals surface area contributed by atoms with Crippen LogP contribution in [0.5, 0.6) is 5.75 Å². The molecule has 0 amide bonds. The summed E-state index contributed by atoms with van der Waals surface area (Å²) in [6, 6.07) is 15.2. The van der Waals surface area contributed by atoms with Crippen molar-refractivity contribution < 1.29 is 9.13 Å². The Bertz CT molecular complexity index is 579. The minimum absolute atomic E-state index is 0.177. The van der Waals surface area contributed by atoms with Crippen LogP contribution in [-0.2, 0) is 0 Å². The summed E-state index contributed by atoms with van der Waals surface area (Å²) in [7, 11) is 1.68. The number of ether oxygens (including phenoxy) is 1. The molecule has 0 aliphatic carbocycles. The Morgan fingerprint density at radius 2 is 1.57 bits per heavy atom. The number of halogens is 1. The molecule has 2 nitrogen and oxygen atoms in total. The van der Waals surface area contributed by atoms with E-state index in [9.17, 15) is 4.39 Å². The second-order valence-electron chi connectivity index (χ2n) is 5.53. The Morgan fingerprint density at radius 1 is 0.952 bits per heavy atom. The van der Waals surface area contributed by atoms with E-state index in [0.717, 1.165) is 25.3 Å². The third-order valence-electron chi connectivity index (χ3n) is 4.32. The molecule has 0 bridgehead atoms. The number of benzene rings is 2. The average Bonchev–Trinajstić information content (AvgIpc) is 2.56. The summed E-state index contributed by atoms with van der Waals surface area (Å²) in [4.78, 5) is 0. The van der Waals surface area contributed by atoms with E-state index in [-0.39, 0.29) is 5.82 Å². The molecule has 2 aromatic rings. The zero-order valence-corrected chi connectivity index (χ0v) is 12.2. The summed E-state index contributed by atoms with van der Waals surface area (Å²) >= 11 is 0. The lowest BCUT2D eigenvalue weighted by atomic mass is 9.77. The highest BCUT2D eigenvalue weighted by atomic mass is 19.1. The van der Waals surface area contributed by atoms with Gasteiger partial charge >= 0.3 is 0 Å². The molecule has 3 heteroatoms. The van der Waals surface area contributed by atoms with E-state index in [0.29, 0.717) is 11.8 Å². The number of hydrogen-bond acceptors (Lipinski definition) is 2. The molecule has 0 aromatic heterocycles. The van der Waals surface area contributed by atoms with Gasteiger partial charge in [0.05, 0.1) is 7.11 Å². The van der Waals surface area contributed by atoms with E-state index in [4.69, 9.17) is 4.74 Å². The molecule has 1 saturated heterocycles. The van der Waals surface area contributed by atoms with Crippen LogP contribution in [0, 0.1) is 5.82 Å². The molecule has 1 N–H and O–H groups in total. The van der Waals surface area contributed by atoms with E-state index in [1.54, 1.807) is 19.2 Å². The van der Waals surface area contributed by atoms with Crippen molar-refractivity contribution in [1.82, 2.24) is 5.32 Å². The molecule has 1 fully saturated rings. The van der Waals surface area contributed by atoms with Crippen molar-refractivity contribution in [2.24, 2.45) is 0 Å². The van der Waals surface area contributed by atoms with Crippen LogP contribution in [0.3, 0.4) is 0 Å². The standard InChI is InChI=1S/C18H20FNO/c1-21-16-8-4-13(5-9-16)17-10-11-20-12-18(17)14-2-6-15(19)7-3-14/h2-9,17-18,20H,10-12H2,1H3. The number of methoxy groups -OCH3 is 1. The van der Waals surface area contributed by atoms with E-state index in [1.807, 2.05) is 24.3 Å². The first-order chi connectivity index (χ1) is 10.3. The second-order valence-corrected chi connectivity index (χ2v) is 5.53. The van der Waals surface area contributed by atoms with Crippen molar-refractivity contribution in [3.8, 4) is 5.75 Å². The maximum atomic E-state index is 13.1. The van der Waals surface area contributed by atoms with Crippen molar-refractivity contribution >= 4 is 0 Å². The molecule has 1 heterocycles. The van der Waals surface area contributed by atoms with Crippen LogP contribution in [-0.4, -0.2) is 20.2 Å². The molecular weight excluding hydrogens is 265 g/mol. The largest absolute Gasteiger partial charge is 0.497 e. The van der Waals surface area contributed by atoms with Gasteiger partial charge in [0, 0.05) is 12.5 Å². The number of hydrogen-bond donors (Lipinski definition) is 1. The van der Waals surface area contributed by atoms with Gasteiger partial charge in [0.1, 0.15) is 11.6 Å². The summed E-state index contributed by atoms with van der Waals surface area (Å²) in [6.45, 7) is 1.96. The molecule has 110 valence electrons. The molecule has 0 spiro atoms. The van der Waals surface area contributed by atoms with Crippen molar-refractivity contribution in [1.29, 1.82) is 0 Å². The number of piperidine rings is 1. The van der Waals surface area contributed by atoms with Crippen molar-refractivity contribution in [2.75, 3.05) is 20.2 Å². The molecule has 3 rings (SSSR count). The Kier molecular flexibility index (Phi) is 4.20. The van der Waals surface area contributed by atoms with E-state index in [1.165, 1.54) is 11.1 Å². The Hall–Kier alpha value is -1.87. The normalized spacial score (nSPS) is 22.0. The molecule has 2 atom stereocenters. The smallest absolute Gasteiger partial charge is 0.123 e. The third kappa shape index (κ3) is 3.08. The molecular formula is C18H20FNO. The van der Waals surface area contributed by atoms with Gasteiger partial charge in [0.15, 0.2) is 0 Å². The van der Waals surface area contributed by atoms with Crippen LogP contribution in [0.4, 0.5) is 4.39 Å². The fourth-order valence-corrected chi connectivity index (χ4v) is 3.17. The lowest BCUT2D eigenvalue weighted by Crippen LogP contribution is -2.34. The number of rotatable bonds is 3. The van der Waals surface area contributed by atoms with E-state index < -0.39 is 0 Å². The van der Waals surface area contributed by atoms with Crippen LogP contribution in [0.2, 0.25) is 0 Å². The Labute approximate surface area is 125 Å². The molecule has 1 aliphatic rings. The minimum atomic E-state index is -0.177. The summed E-state index contributed by atoms with van der Waals surface area (Å²) < 4.78 is 18.4. The highest BCUT2D eigenvalue weighted by Crippen LogP contribution is 2.37. The zero-order chi connectivity index (χ0) is 14.7. The fourth-order valence-electron chi connectivity index (χ4n) is 3.17. The molecule has 21 heavy (non-hydrogen) atoms. The van der Waals surface area contributed by atoms with Crippen molar-refractivity contribution in [2.45, 2.75) is 18.3 Å². The lowest BCUT2D eigenvalue weighted by Gasteiger charge is -2.33. The quantitative estimate of drug-likeness (QED) is 0.928. The first-order valence-corrected chi connectivity index (χ1v) is 7.38. The van der Waals surface area contributed by atoms with Gasteiger partial charge in [-0.05, 0) is 54.3 Å². The van der Waals surface area contributed by atoms with Gasteiger partial charge in [-0.15, -0.1) is 0 Å². The van der Waals surface area contributed by atoms with Crippen molar-refractivity contribution in [3.63, 3.8) is 0 Å². The first kappa shape index (κ1) is 14.1. The van der Waals surface area contributed by atoms with E-state index in [2.05, 4.69) is 17.4 Å². The summed E-state index contributed by atoms with van der Waals surface area (Å²) in [6.07, 6.45) is 1.09. The summed E-state index contributed by atoms with van der Waals surface area (Å²) in [5, 5.41) is 3.45. The fraction of sp³-hybridized carbons (Fsp3) is 0.333. The minimum Gasteiger partial charge on any atom is -0.497 e. The molecule has 2 unspecified atom stereocenters. The Balaban J connectivity index is 1.88. The van der Waals surface area contributed by atoms with Crippen LogP contribution < -0.4 is 10.1 Å². The van der Waals surface area contributed by atoms with Gasteiger partial charge in [-0.1, -0.05) is 24.3 Å². The van der Waals surface area contributed by atoms with Crippen LogP contribution in [0.1, 0.15) is 29.4 Å². The third-order valence-corrected chi connectivity index (χ3v) is 4.32. The maximum absolute atomic E-state index is 13.1. The van der Waals surface area contributed by atoms with Crippen LogP contribution in [0.15, 0.2) is 48.5 Å². The van der Waals surface area contributed by atoms with Gasteiger partial charge in [0.25, 0.3) is 0 Å². The second kappa shape index (κ2) is 6.27. The summed E-state index contributed by atoms with van der Waals surface area (Å²) in [5.74, 6) is 1.55. The number of nitrogens with one attached hydrogen (secondary N) is 1. The summed E-state index contributed by atoms with van der Waals surface area (Å²) in [5.41, 5.74) is 2.52. The predicted molar refractivity (Wildman–Crippen MR) is 82.4 cm³/mol. The van der Waals surface area contributed by atoms with E-state index >= 15 is 0 Å². The highest BCUT2D eigenvalue weighted by Gasteiger charge is 2.27. The van der Waals surface area contributed by atoms with Gasteiger partial charge in [-0.3, -0.25) is 0 Å². The average molecular weight is 285 g/mol. The molecule has 0 saturated carbocycles. The lowest BCUT2D eigenvalue weighted by molar-refractivity contribution is 0.400. The molecule has 1 aliphatic heterocycles. The zero-order valence-electron chi connectivity index (χ0n) is 12.2. The van der Waals surface area contributed by atoms with Gasteiger partial charge in [-0.2, -0.15) is 0 Å². The first-order valence-electron chi connectivity index (χ1n) is 7.38. The topological polar surface area (TPSA) is 21.3 Å². The van der Waals surface area contributed by atoms with Gasteiger partial charge < -0.3 is 10.1 Å². The maximum Gasteiger partial charge on any atom is 0.123 e. The van der Waals surface area contributed by atoms with Gasteiger partial charge in [-0.25, -0.2) is 4.39 Å². The van der Waals surface area contributed by atoms with Crippen LogP contribution >= 0.6 is 0 Å². The van der Waals surface area contributed by atoms with Gasteiger partial charge in [0.2, 0.25) is 0 Å². The Morgan fingerprint density at radius 3 is 2.24 bits per heavy atom. The van der Waals surface area contributed by atoms with Crippen LogP contribution in [0.25, 0.3) is 0 Å². The van der Waals surface area contributed by atoms with Crippen molar-refractivity contribution in [3.05, 3.63) is 65.5 Å². The highest BCUT2D eigenvalue weighted by molar-refractivity contribution is 5.34. The molecule has 0 radical (unpaired) electrons. The monoisotopic (exact) mass is 285 g/mol. The SMILES string of the molecule is COc1ccc(C2CCNCC2c2ccc(F)cc2)cc1.